The van der Waals surface area contributed by atoms with E-state index in [2.05, 4.69) is 11.1 Å². The number of aromatic nitrogens is 1. The molecule has 0 spiro atoms. The number of pyridine rings is 1. The summed E-state index contributed by atoms with van der Waals surface area (Å²) in [5.41, 5.74) is 2.43. The second kappa shape index (κ2) is 4.64. The first kappa shape index (κ1) is 11.1. The number of rotatable bonds is 3. The lowest BCUT2D eigenvalue weighted by Gasteiger charge is -2.25. The van der Waals surface area contributed by atoms with Crippen LogP contribution in [0.5, 0.6) is 0 Å². The van der Waals surface area contributed by atoms with Crippen LogP contribution in [-0.2, 0) is 11.2 Å². The Kier molecular flexibility index (Phi) is 3.22. The molecule has 2 rings (SSSR count). The summed E-state index contributed by atoms with van der Waals surface area (Å²) in [6.07, 6.45) is 5.82. The van der Waals surface area contributed by atoms with E-state index in [4.69, 9.17) is 5.11 Å². The molecule has 0 bridgehead atoms. The van der Waals surface area contributed by atoms with Crippen molar-refractivity contribution in [3.63, 3.8) is 0 Å². The normalized spacial score (nSPS) is 21.2. The molecule has 1 aromatic heterocycles. The van der Waals surface area contributed by atoms with Crippen molar-refractivity contribution in [2.75, 3.05) is 0 Å². The van der Waals surface area contributed by atoms with E-state index in [0.717, 1.165) is 25.0 Å². The fraction of sp³-hybridized carbons (Fsp3) is 0.538. The van der Waals surface area contributed by atoms with E-state index >= 15 is 0 Å². The predicted molar refractivity (Wildman–Crippen MR) is 61.3 cm³/mol. The SMILES string of the molecule is CC(CC1CCCc2cccnc21)C(=O)O. The van der Waals surface area contributed by atoms with Crippen LogP contribution in [0.2, 0.25) is 0 Å². The third kappa shape index (κ3) is 2.23. The molecule has 16 heavy (non-hydrogen) atoms. The van der Waals surface area contributed by atoms with Gasteiger partial charge in [0.25, 0.3) is 0 Å². The van der Waals surface area contributed by atoms with Crippen LogP contribution in [0.25, 0.3) is 0 Å². The smallest absolute Gasteiger partial charge is 0.306 e. The molecule has 0 amide bonds. The first-order valence-electron chi connectivity index (χ1n) is 5.85. The van der Waals surface area contributed by atoms with Crippen LogP contribution in [0.3, 0.4) is 0 Å². The summed E-state index contributed by atoms with van der Waals surface area (Å²) in [4.78, 5) is 15.3. The van der Waals surface area contributed by atoms with Crippen molar-refractivity contribution < 1.29 is 9.90 Å². The number of aryl methyl sites for hydroxylation is 1. The zero-order chi connectivity index (χ0) is 11.5. The molecular weight excluding hydrogens is 202 g/mol. The fourth-order valence-electron chi connectivity index (χ4n) is 2.46. The first-order chi connectivity index (χ1) is 7.68. The highest BCUT2D eigenvalue weighted by atomic mass is 16.4. The van der Waals surface area contributed by atoms with Gasteiger partial charge in [0.05, 0.1) is 5.92 Å². The maximum Gasteiger partial charge on any atom is 0.306 e. The number of carboxylic acids is 1. The van der Waals surface area contributed by atoms with Gasteiger partial charge in [0.2, 0.25) is 0 Å². The van der Waals surface area contributed by atoms with Gasteiger partial charge < -0.3 is 5.11 Å². The minimum atomic E-state index is -0.706. The number of hydrogen-bond acceptors (Lipinski definition) is 2. The van der Waals surface area contributed by atoms with Crippen LogP contribution in [0.15, 0.2) is 18.3 Å². The van der Waals surface area contributed by atoms with Crippen molar-refractivity contribution in [3.05, 3.63) is 29.6 Å². The highest BCUT2D eigenvalue weighted by Gasteiger charge is 2.25. The van der Waals surface area contributed by atoms with Gasteiger partial charge in [0.15, 0.2) is 0 Å². The van der Waals surface area contributed by atoms with Crippen LogP contribution < -0.4 is 0 Å². The molecule has 1 N–H and O–H groups in total. The van der Waals surface area contributed by atoms with E-state index in [1.165, 1.54) is 5.56 Å². The lowest BCUT2D eigenvalue weighted by molar-refractivity contribution is -0.141. The maximum absolute atomic E-state index is 10.9. The van der Waals surface area contributed by atoms with E-state index in [9.17, 15) is 4.79 Å². The largest absolute Gasteiger partial charge is 0.481 e. The molecule has 2 atom stereocenters. The molecule has 0 aliphatic heterocycles. The Hall–Kier alpha value is -1.38. The van der Waals surface area contributed by atoms with Crippen molar-refractivity contribution in [1.82, 2.24) is 4.98 Å². The van der Waals surface area contributed by atoms with E-state index in [1.807, 2.05) is 12.3 Å². The van der Waals surface area contributed by atoms with Gasteiger partial charge in [-0.3, -0.25) is 9.78 Å². The number of aliphatic carboxylic acids is 1. The predicted octanol–water partition coefficient (Wildman–Crippen LogP) is 2.61. The molecule has 0 radical (unpaired) electrons. The molecule has 0 aromatic carbocycles. The molecular formula is C13H17NO2. The summed E-state index contributed by atoms with van der Waals surface area (Å²) in [7, 11) is 0. The fourth-order valence-corrected chi connectivity index (χ4v) is 2.46. The zero-order valence-electron chi connectivity index (χ0n) is 9.52. The van der Waals surface area contributed by atoms with Crippen LogP contribution in [0.4, 0.5) is 0 Å². The van der Waals surface area contributed by atoms with E-state index in [1.54, 1.807) is 6.92 Å². The number of fused-ring (bicyclic) bond motifs is 1. The number of carboxylic acid groups (broad SMARTS) is 1. The quantitative estimate of drug-likeness (QED) is 0.850. The second-order valence-electron chi connectivity index (χ2n) is 4.61. The van der Waals surface area contributed by atoms with Crippen molar-refractivity contribution in [3.8, 4) is 0 Å². The molecule has 1 aliphatic rings. The van der Waals surface area contributed by atoms with Gasteiger partial charge in [-0.25, -0.2) is 0 Å². The first-order valence-corrected chi connectivity index (χ1v) is 5.85. The van der Waals surface area contributed by atoms with E-state index < -0.39 is 5.97 Å². The molecule has 1 aliphatic carbocycles. The highest BCUT2D eigenvalue weighted by Crippen LogP contribution is 2.34. The lowest BCUT2D eigenvalue weighted by atomic mass is 9.81. The Bertz CT molecular complexity index is 389. The van der Waals surface area contributed by atoms with E-state index in [-0.39, 0.29) is 5.92 Å². The topological polar surface area (TPSA) is 50.2 Å². The Morgan fingerprint density at radius 1 is 1.69 bits per heavy atom. The van der Waals surface area contributed by atoms with E-state index in [0.29, 0.717) is 12.3 Å². The second-order valence-corrected chi connectivity index (χ2v) is 4.61. The van der Waals surface area contributed by atoms with Crippen LogP contribution in [0, 0.1) is 5.92 Å². The van der Waals surface area contributed by atoms with Gasteiger partial charge in [-0.1, -0.05) is 13.0 Å². The van der Waals surface area contributed by atoms with Gasteiger partial charge in [-0.05, 0) is 37.3 Å². The standard InChI is InChI=1S/C13H17NO2/c1-9(13(15)16)8-11-5-2-4-10-6-3-7-14-12(10)11/h3,6-7,9,11H,2,4-5,8H2,1H3,(H,15,16). The summed E-state index contributed by atoms with van der Waals surface area (Å²) < 4.78 is 0. The molecule has 1 aromatic rings. The van der Waals surface area contributed by atoms with Crippen LogP contribution in [-0.4, -0.2) is 16.1 Å². The number of carbonyl (C=O) groups is 1. The Morgan fingerprint density at radius 2 is 2.50 bits per heavy atom. The van der Waals surface area contributed by atoms with Crippen molar-refractivity contribution in [2.45, 2.75) is 38.5 Å². The molecule has 86 valence electrons. The number of hydrogen-bond donors (Lipinski definition) is 1. The van der Waals surface area contributed by atoms with Gasteiger partial charge in [-0.15, -0.1) is 0 Å². The third-order valence-electron chi connectivity index (χ3n) is 3.37. The summed E-state index contributed by atoms with van der Waals surface area (Å²) in [6.45, 7) is 1.78. The molecule has 3 nitrogen and oxygen atoms in total. The molecule has 0 saturated carbocycles. The van der Waals surface area contributed by atoms with Crippen molar-refractivity contribution in [2.24, 2.45) is 5.92 Å². The zero-order valence-corrected chi connectivity index (χ0v) is 9.52. The van der Waals surface area contributed by atoms with Crippen molar-refractivity contribution in [1.29, 1.82) is 0 Å². The summed E-state index contributed by atoms with van der Waals surface area (Å²) in [5.74, 6) is -0.655. The average Bonchev–Trinajstić information content (AvgIpc) is 2.29. The average molecular weight is 219 g/mol. The van der Waals surface area contributed by atoms with Crippen LogP contribution >= 0.6 is 0 Å². The Balaban J connectivity index is 2.16. The van der Waals surface area contributed by atoms with Crippen molar-refractivity contribution >= 4 is 5.97 Å². The molecule has 2 unspecified atom stereocenters. The van der Waals surface area contributed by atoms with Gasteiger partial charge in [-0.2, -0.15) is 0 Å². The van der Waals surface area contributed by atoms with Crippen LogP contribution in [0.1, 0.15) is 43.4 Å². The summed E-state index contributed by atoms with van der Waals surface area (Å²) >= 11 is 0. The van der Waals surface area contributed by atoms with Gasteiger partial charge in [0, 0.05) is 17.8 Å². The molecule has 0 fully saturated rings. The molecule has 1 heterocycles. The monoisotopic (exact) mass is 219 g/mol. The summed E-state index contributed by atoms with van der Waals surface area (Å²) in [5, 5.41) is 8.94. The lowest BCUT2D eigenvalue weighted by Crippen LogP contribution is -2.18. The maximum atomic E-state index is 10.9. The summed E-state index contributed by atoms with van der Waals surface area (Å²) in [6, 6.07) is 4.07. The number of nitrogens with zero attached hydrogens (tertiary/aromatic N) is 1. The third-order valence-corrected chi connectivity index (χ3v) is 3.37. The minimum Gasteiger partial charge on any atom is -0.481 e. The molecule has 3 heteroatoms. The Labute approximate surface area is 95.5 Å². The Morgan fingerprint density at radius 3 is 3.25 bits per heavy atom. The highest BCUT2D eigenvalue weighted by molar-refractivity contribution is 5.69. The van der Waals surface area contributed by atoms with Gasteiger partial charge in [0.1, 0.15) is 0 Å². The minimum absolute atomic E-state index is 0.280. The van der Waals surface area contributed by atoms with Gasteiger partial charge >= 0.3 is 5.97 Å². The molecule has 0 saturated heterocycles.